The van der Waals surface area contributed by atoms with Crippen molar-refractivity contribution >= 4 is 15.7 Å². The molecule has 0 spiro atoms. The molecule has 5 nitrogen and oxygen atoms in total. The summed E-state index contributed by atoms with van der Waals surface area (Å²) in [4.78, 5) is 0. The molecule has 2 aromatic carbocycles. The normalized spacial score (nSPS) is 17.1. The van der Waals surface area contributed by atoms with E-state index in [0.29, 0.717) is 23.6 Å². The molecule has 1 aliphatic rings. The van der Waals surface area contributed by atoms with Gasteiger partial charge in [0.1, 0.15) is 5.75 Å². The molecule has 0 radical (unpaired) electrons. The second kappa shape index (κ2) is 5.62. The minimum absolute atomic E-state index is 0.339. The Morgan fingerprint density at radius 3 is 2.64 bits per heavy atom. The Bertz CT molecular complexity index is 787. The molecule has 0 saturated heterocycles. The number of fused-ring (bicyclic) bond motifs is 1. The summed E-state index contributed by atoms with van der Waals surface area (Å²) in [7, 11) is -3.44. The average Bonchev–Trinajstić information content (AvgIpc) is 2.80. The highest BCUT2D eigenvalue weighted by atomic mass is 32.2. The topological polar surface area (TPSA) is 75.6 Å². The molecule has 1 unspecified atom stereocenters. The highest BCUT2D eigenvalue weighted by Gasteiger charge is 2.24. The van der Waals surface area contributed by atoms with Gasteiger partial charge in [-0.2, -0.15) is 0 Å². The second-order valence-corrected chi connectivity index (χ2v) is 7.14. The van der Waals surface area contributed by atoms with Crippen molar-refractivity contribution in [3.63, 3.8) is 0 Å². The molecule has 116 valence electrons. The van der Waals surface area contributed by atoms with Gasteiger partial charge in [0, 0.05) is 0 Å². The largest absolute Gasteiger partial charge is 0.455 e. The van der Waals surface area contributed by atoms with Gasteiger partial charge in [-0.3, -0.25) is 4.72 Å². The number of rotatable bonds is 4. The summed E-state index contributed by atoms with van der Waals surface area (Å²) in [6.07, 6.45) is 1.92. The minimum atomic E-state index is -3.44. The zero-order valence-electron chi connectivity index (χ0n) is 12.1. The van der Waals surface area contributed by atoms with E-state index < -0.39 is 16.1 Å². The molecule has 3 rings (SSSR count). The van der Waals surface area contributed by atoms with E-state index in [1.54, 1.807) is 24.3 Å². The number of aliphatic hydroxyl groups excluding tert-OH is 1. The Hall–Kier alpha value is -2.05. The fourth-order valence-corrected chi connectivity index (χ4v) is 3.15. The lowest BCUT2D eigenvalue weighted by Gasteiger charge is -2.15. The Labute approximate surface area is 129 Å². The first-order valence-electron chi connectivity index (χ1n) is 6.98. The lowest BCUT2D eigenvalue weighted by molar-refractivity contribution is 0.180. The van der Waals surface area contributed by atoms with E-state index in [9.17, 15) is 13.5 Å². The monoisotopic (exact) mass is 319 g/mol. The van der Waals surface area contributed by atoms with Crippen LogP contribution in [0.15, 0.2) is 42.5 Å². The highest BCUT2D eigenvalue weighted by Crippen LogP contribution is 2.40. The number of aryl methyl sites for hydroxylation is 1. The van der Waals surface area contributed by atoms with E-state index in [-0.39, 0.29) is 0 Å². The van der Waals surface area contributed by atoms with Gasteiger partial charge >= 0.3 is 0 Å². The van der Waals surface area contributed by atoms with Crippen LogP contribution in [-0.4, -0.2) is 19.8 Å². The van der Waals surface area contributed by atoms with Crippen LogP contribution in [0.2, 0.25) is 0 Å². The zero-order valence-corrected chi connectivity index (χ0v) is 12.9. The van der Waals surface area contributed by atoms with Gasteiger partial charge in [0.25, 0.3) is 0 Å². The maximum Gasteiger partial charge on any atom is 0.229 e. The Balaban J connectivity index is 2.03. The summed E-state index contributed by atoms with van der Waals surface area (Å²) in [5.41, 5.74) is 2.08. The van der Waals surface area contributed by atoms with Crippen LogP contribution in [0.25, 0.3) is 0 Å². The summed E-state index contributed by atoms with van der Waals surface area (Å²) >= 11 is 0. The molecule has 0 aromatic heterocycles. The zero-order chi connectivity index (χ0) is 15.7. The standard InChI is InChI=1S/C16H17NO4S/c1-22(19,20)17-14-10-13-11(7-8-15(13)18)9-16(14)21-12-5-3-2-4-6-12/h2-6,9-10,15,17-18H,7-8H2,1H3. The summed E-state index contributed by atoms with van der Waals surface area (Å²) in [5, 5.41) is 9.97. The van der Waals surface area contributed by atoms with E-state index in [2.05, 4.69) is 4.72 Å². The van der Waals surface area contributed by atoms with Crippen molar-refractivity contribution in [2.75, 3.05) is 11.0 Å². The lowest BCUT2D eigenvalue weighted by atomic mass is 10.1. The van der Waals surface area contributed by atoms with Crippen molar-refractivity contribution in [2.45, 2.75) is 18.9 Å². The summed E-state index contributed by atoms with van der Waals surface area (Å²) < 4.78 is 31.4. The Morgan fingerprint density at radius 1 is 1.23 bits per heavy atom. The minimum Gasteiger partial charge on any atom is -0.455 e. The van der Waals surface area contributed by atoms with Crippen LogP contribution in [0.3, 0.4) is 0 Å². The summed E-state index contributed by atoms with van der Waals surface area (Å²) in [5.74, 6) is 1.06. The summed E-state index contributed by atoms with van der Waals surface area (Å²) in [6, 6.07) is 12.6. The number of para-hydroxylation sites is 1. The third kappa shape index (κ3) is 3.23. The number of hydrogen-bond acceptors (Lipinski definition) is 4. The SMILES string of the molecule is CS(=O)(=O)Nc1cc2c(cc1Oc1ccccc1)CCC2O. The fraction of sp³-hybridized carbons (Fsp3) is 0.250. The molecule has 0 bridgehead atoms. The molecular formula is C16H17NO4S. The number of hydrogen-bond donors (Lipinski definition) is 2. The highest BCUT2D eigenvalue weighted by molar-refractivity contribution is 7.92. The predicted molar refractivity (Wildman–Crippen MR) is 84.7 cm³/mol. The number of benzene rings is 2. The van der Waals surface area contributed by atoms with Crippen molar-refractivity contribution in [1.29, 1.82) is 0 Å². The van der Waals surface area contributed by atoms with Crippen molar-refractivity contribution in [2.24, 2.45) is 0 Å². The van der Waals surface area contributed by atoms with Gasteiger partial charge in [0.05, 0.1) is 18.0 Å². The van der Waals surface area contributed by atoms with Gasteiger partial charge in [-0.05, 0) is 48.2 Å². The van der Waals surface area contributed by atoms with Gasteiger partial charge in [0.15, 0.2) is 5.75 Å². The van der Waals surface area contributed by atoms with E-state index in [4.69, 9.17) is 4.74 Å². The third-order valence-electron chi connectivity index (χ3n) is 3.55. The van der Waals surface area contributed by atoms with Gasteiger partial charge in [-0.25, -0.2) is 8.42 Å². The summed E-state index contributed by atoms with van der Waals surface area (Å²) in [6.45, 7) is 0. The van der Waals surface area contributed by atoms with Crippen LogP contribution in [0.4, 0.5) is 5.69 Å². The molecule has 1 aliphatic carbocycles. The molecule has 1 atom stereocenters. The fourth-order valence-electron chi connectivity index (χ4n) is 2.59. The third-order valence-corrected chi connectivity index (χ3v) is 4.14. The quantitative estimate of drug-likeness (QED) is 0.908. The van der Waals surface area contributed by atoms with E-state index in [0.717, 1.165) is 23.8 Å². The van der Waals surface area contributed by atoms with Gasteiger partial charge in [-0.1, -0.05) is 18.2 Å². The van der Waals surface area contributed by atoms with E-state index in [1.807, 2.05) is 18.2 Å². The molecule has 0 aliphatic heterocycles. The van der Waals surface area contributed by atoms with Crippen molar-refractivity contribution in [3.05, 3.63) is 53.6 Å². The second-order valence-electron chi connectivity index (χ2n) is 5.39. The molecule has 0 saturated carbocycles. The molecule has 22 heavy (non-hydrogen) atoms. The first-order chi connectivity index (χ1) is 10.4. The van der Waals surface area contributed by atoms with Crippen LogP contribution in [0, 0.1) is 0 Å². The van der Waals surface area contributed by atoms with E-state index >= 15 is 0 Å². The van der Waals surface area contributed by atoms with Gasteiger partial charge in [-0.15, -0.1) is 0 Å². The van der Waals surface area contributed by atoms with Gasteiger partial charge in [0.2, 0.25) is 10.0 Å². The molecule has 0 amide bonds. The number of anilines is 1. The number of sulfonamides is 1. The van der Waals surface area contributed by atoms with Crippen LogP contribution in [0.1, 0.15) is 23.7 Å². The lowest BCUT2D eigenvalue weighted by Crippen LogP contribution is -2.11. The first kappa shape index (κ1) is 14.9. The Morgan fingerprint density at radius 2 is 1.95 bits per heavy atom. The van der Waals surface area contributed by atoms with Gasteiger partial charge < -0.3 is 9.84 Å². The molecule has 2 N–H and O–H groups in total. The van der Waals surface area contributed by atoms with Crippen LogP contribution in [-0.2, 0) is 16.4 Å². The molecule has 6 heteroatoms. The average molecular weight is 319 g/mol. The van der Waals surface area contributed by atoms with E-state index in [1.165, 1.54) is 0 Å². The number of ether oxygens (including phenoxy) is 1. The molecular weight excluding hydrogens is 302 g/mol. The molecule has 0 heterocycles. The maximum absolute atomic E-state index is 11.6. The predicted octanol–water partition coefficient (Wildman–Crippen LogP) is 2.83. The number of aliphatic hydroxyl groups is 1. The van der Waals surface area contributed by atoms with Crippen molar-refractivity contribution in [1.82, 2.24) is 0 Å². The van der Waals surface area contributed by atoms with Crippen LogP contribution in [0.5, 0.6) is 11.5 Å². The van der Waals surface area contributed by atoms with Crippen LogP contribution >= 0.6 is 0 Å². The first-order valence-corrected chi connectivity index (χ1v) is 8.87. The van der Waals surface area contributed by atoms with Crippen molar-refractivity contribution in [3.8, 4) is 11.5 Å². The van der Waals surface area contributed by atoms with Crippen molar-refractivity contribution < 1.29 is 18.3 Å². The maximum atomic E-state index is 11.6. The number of nitrogens with one attached hydrogen (secondary N) is 1. The van der Waals surface area contributed by atoms with Crippen LogP contribution < -0.4 is 9.46 Å². The Kier molecular flexibility index (Phi) is 3.80. The molecule has 0 fully saturated rings. The molecule has 2 aromatic rings. The smallest absolute Gasteiger partial charge is 0.229 e.